The van der Waals surface area contributed by atoms with Gasteiger partial charge in [-0.1, -0.05) is 28.1 Å². The van der Waals surface area contributed by atoms with Crippen LogP contribution in [-0.4, -0.2) is 5.11 Å². The molecule has 27 heavy (non-hydrogen) atoms. The molecule has 0 aliphatic rings. The second kappa shape index (κ2) is 8.10. The maximum absolute atomic E-state index is 13.6. The zero-order valence-electron chi connectivity index (χ0n) is 14.3. The van der Waals surface area contributed by atoms with Crippen LogP contribution in [0.4, 0.5) is 27.6 Å². The van der Waals surface area contributed by atoms with Gasteiger partial charge in [0.1, 0.15) is 0 Å². The summed E-state index contributed by atoms with van der Waals surface area (Å²) in [7, 11) is 0. The lowest BCUT2D eigenvalue weighted by molar-refractivity contribution is -0.137. The van der Waals surface area contributed by atoms with E-state index >= 15 is 0 Å². The number of anilines is 1. The monoisotopic (exact) mass is 466 g/mol. The predicted molar refractivity (Wildman–Crippen MR) is 103 cm³/mol. The number of halogens is 6. The summed E-state index contributed by atoms with van der Waals surface area (Å²) in [6.45, 7) is 2.35. The van der Waals surface area contributed by atoms with Crippen molar-refractivity contribution < 1.29 is 22.0 Å². The normalized spacial score (nSPS) is 13.2. The van der Waals surface area contributed by atoms with E-state index < -0.39 is 23.2 Å². The van der Waals surface area contributed by atoms with Crippen LogP contribution in [0, 0.1) is 0 Å². The third kappa shape index (κ3) is 6.14. The number of nitrogens with one attached hydrogen (secondary N) is 2. The Morgan fingerprint density at radius 1 is 1.00 bits per heavy atom. The van der Waals surface area contributed by atoms with E-state index in [4.69, 9.17) is 12.2 Å². The molecule has 0 saturated heterocycles. The molecular weight excluding hydrogens is 451 g/mol. The van der Waals surface area contributed by atoms with Crippen LogP contribution in [0.1, 0.15) is 36.6 Å². The molecular formula is C18H16BrF5N2S. The Morgan fingerprint density at radius 2 is 1.56 bits per heavy atom. The molecule has 2 N–H and O–H groups in total. The lowest BCUT2D eigenvalue weighted by atomic mass is 10.0. The smallest absolute Gasteiger partial charge is 0.356 e. The molecule has 0 bridgehead atoms. The van der Waals surface area contributed by atoms with Crippen molar-refractivity contribution in [1.82, 2.24) is 5.32 Å². The van der Waals surface area contributed by atoms with Crippen molar-refractivity contribution in [2.45, 2.75) is 32.0 Å². The van der Waals surface area contributed by atoms with Gasteiger partial charge in [0.05, 0.1) is 11.6 Å². The van der Waals surface area contributed by atoms with Gasteiger partial charge < -0.3 is 10.6 Å². The van der Waals surface area contributed by atoms with Gasteiger partial charge in [0.2, 0.25) is 0 Å². The summed E-state index contributed by atoms with van der Waals surface area (Å²) in [5, 5.41) is 5.50. The summed E-state index contributed by atoms with van der Waals surface area (Å²) >= 11 is 8.43. The first-order valence-corrected chi connectivity index (χ1v) is 9.00. The molecule has 2 rings (SSSR count). The van der Waals surface area contributed by atoms with Crippen molar-refractivity contribution >= 4 is 38.9 Å². The van der Waals surface area contributed by atoms with Crippen LogP contribution in [0.2, 0.25) is 0 Å². The highest BCUT2D eigenvalue weighted by Crippen LogP contribution is 2.36. The number of hydrogen-bond donors (Lipinski definition) is 2. The van der Waals surface area contributed by atoms with Crippen molar-refractivity contribution in [2.75, 3.05) is 5.32 Å². The fourth-order valence-corrected chi connectivity index (χ4v) is 2.87. The highest BCUT2D eigenvalue weighted by atomic mass is 79.9. The maximum Gasteiger partial charge on any atom is 0.416 e. The van der Waals surface area contributed by atoms with Crippen LogP contribution in [0.15, 0.2) is 46.9 Å². The molecule has 0 aliphatic carbocycles. The predicted octanol–water partition coefficient (Wildman–Crippen LogP) is 6.63. The summed E-state index contributed by atoms with van der Waals surface area (Å²) in [5.41, 5.74) is -1.19. The number of alkyl halides is 5. The van der Waals surface area contributed by atoms with Crippen molar-refractivity contribution in [3.05, 3.63) is 63.6 Å². The zero-order valence-corrected chi connectivity index (χ0v) is 16.7. The standard InChI is InChI=1S/C18H16BrF5N2S/c1-10(11-3-5-14(19)6-4-11)25-16(27)26-15-8-12(17(2,20)21)7-13(9-15)18(22,23)24/h3-10H,1-2H3,(H2,25,26,27). The Balaban J connectivity index is 2.20. The zero-order chi connectivity index (χ0) is 20.4. The first-order valence-electron chi connectivity index (χ1n) is 7.80. The summed E-state index contributed by atoms with van der Waals surface area (Å²) in [6, 6.07) is 9.27. The van der Waals surface area contributed by atoms with Gasteiger partial charge in [-0.25, -0.2) is 8.78 Å². The van der Waals surface area contributed by atoms with Crippen LogP contribution in [0.25, 0.3) is 0 Å². The van der Waals surface area contributed by atoms with Gasteiger partial charge in [-0.2, -0.15) is 13.2 Å². The molecule has 0 spiro atoms. The molecule has 146 valence electrons. The average molecular weight is 467 g/mol. The van der Waals surface area contributed by atoms with Crippen molar-refractivity contribution in [3.63, 3.8) is 0 Å². The molecule has 0 amide bonds. The molecule has 0 saturated carbocycles. The summed E-state index contributed by atoms with van der Waals surface area (Å²) in [6.07, 6.45) is -4.75. The van der Waals surface area contributed by atoms with Gasteiger partial charge in [-0.3, -0.25) is 0 Å². The van der Waals surface area contributed by atoms with Gasteiger partial charge in [-0.15, -0.1) is 0 Å². The fraction of sp³-hybridized carbons (Fsp3) is 0.278. The SMILES string of the molecule is CC(NC(=S)Nc1cc(C(C)(F)F)cc(C(F)(F)F)c1)c1ccc(Br)cc1. The van der Waals surface area contributed by atoms with Gasteiger partial charge in [0.15, 0.2) is 5.11 Å². The third-order valence-electron chi connectivity index (χ3n) is 3.74. The lowest BCUT2D eigenvalue weighted by Gasteiger charge is -2.20. The fourth-order valence-electron chi connectivity index (χ4n) is 2.32. The highest BCUT2D eigenvalue weighted by Gasteiger charge is 2.34. The van der Waals surface area contributed by atoms with Crippen molar-refractivity contribution in [2.24, 2.45) is 0 Å². The number of thiocarbonyl (C=S) groups is 1. The van der Waals surface area contributed by atoms with Crippen LogP contribution in [-0.2, 0) is 12.1 Å². The van der Waals surface area contributed by atoms with Crippen molar-refractivity contribution in [3.8, 4) is 0 Å². The minimum absolute atomic E-state index is 0.0233. The average Bonchev–Trinajstić information content (AvgIpc) is 2.53. The molecule has 0 radical (unpaired) electrons. The van der Waals surface area contributed by atoms with E-state index in [2.05, 4.69) is 26.6 Å². The van der Waals surface area contributed by atoms with Gasteiger partial charge in [0, 0.05) is 22.6 Å². The summed E-state index contributed by atoms with van der Waals surface area (Å²) in [4.78, 5) is 0. The summed E-state index contributed by atoms with van der Waals surface area (Å²) in [5.74, 6) is -3.42. The van der Waals surface area contributed by atoms with Gasteiger partial charge >= 0.3 is 6.18 Å². The minimum atomic E-state index is -4.75. The maximum atomic E-state index is 13.6. The molecule has 2 aromatic rings. The van der Waals surface area contributed by atoms with Gasteiger partial charge in [0.25, 0.3) is 5.92 Å². The Bertz CT molecular complexity index is 784. The van der Waals surface area contributed by atoms with E-state index in [0.717, 1.165) is 22.2 Å². The van der Waals surface area contributed by atoms with Crippen molar-refractivity contribution in [1.29, 1.82) is 0 Å². The van der Waals surface area contributed by atoms with Crippen LogP contribution in [0.5, 0.6) is 0 Å². The van der Waals surface area contributed by atoms with E-state index in [9.17, 15) is 22.0 Å². The first-order chi connectivity index (χ1) is 12.4. The van der Waals surface area contributed by atoms with E-state index in [1.807, 2.05) is 31.2 Å². The van der Waals surface area contributed by atoms with E-state index in [-0.39, 0.29) is 16.8 Å². The molecule has 9 heteroatoms. The summed E-state index contributed by atoms with van der Waals surface area (Å²) < 4.78 is 67.1. The van der Waals surface area contributed by atoms with Crippen LogP contribution in [0.3, 0.4) is 0 Å². The van der Waals surface area contributed by atoms with Gasteiger partial charge in [-0.05, 0) is 55.0 Å². The molecule has 0 fully saturated rings. The molecule has 1 unspecified atom stereocenters. The van der Waals surface area contributed by atoms with E-state index in [1.165, 1.54) is 0 Å². The minimum Gasteiger partial charge on any atom is -0.356 e. The molecule has 0 heterocycles. The Kier molecular flexibility index (Phi) is 6.47. The number of benzene rings is 2. The molecule has 2 nitrogen and oxygen atoms in total. The Labute approximate surface area is 167 Å². The second-order valence-corrected chi connectivity index (χ2v) is 7.38. The van der Waals surface area contributed by atoms with Crippen LogP contribution < -0.4 is 10.6 Å². The second-order valence-electron chi connectivity index (χ2n) is 6.06. The third-order valence-corrected chi connectivity index (χ3v) is 4.49. The Morgan fingerprint density at radius 3 is 2.07 bits per heavy atom. The van der Waals surface area contributed by atoms with E-state index in [0.29, 0.717) is 13.0 Å². The van der Waals surface area contributed by atoms with Crippen LogP contribution >= 0.6 is 28.1 Å². The molecule has 2 aromatic carbocycles. The quantitative estimate of drug-likeness (QED) is 0.390. The molecule has 0 aromatic heterocycles. The molecule has 1 atom stereocenters. The van der Waals surface area contributed by atoms with E-state index in [1.54, 1.807) is 0 Å². The lowest BCUT2D eigenvalue weighted by Crippen LogP contribution is -2.31. The largest absolute Gasteiger partial charge is 0.416 e. The number of rotatable bonds is 4. The molecule has 0 aliphatic heterocycles. The first kappa shape index (κ1) is 21.6. The topological polar surface area (TPSA) is 24.1 Å². The number of hydrogen-bond acceptors (Lipinski definition) is 1. The highest BCUT2D eigenvalue weighted by molar-refractivity contribution is 9.10. The Hall–Kier alpha value is -1.74.